The summed E-state index contributed by atoms with van der Waals surface area (Å²) >= 11 is 9.90. The van der Waals surface area contributed by atoms with Crippen molar-refractivity contribution in [2.75, 3.05) is 11.6 Å². The highest BCUT2D eigenvalue weighted by Gasteiger charge is 2.33. The predicted molar refractivity (Wildman–Crippen MR) is 85.9 cm³/mol. The average molecular weight is 427 g/mol. The van der Waals surface area contributed by atoms with E-state index in [4.69, 9.17) is 11.6 Å². The Balaban J connectivity index is 2.31. The number of rotatable bonds is 3. The third kappa shape index (κ3) is 4.36. The summed E-state index contributed by atoms with van der Waals surface area (Å²) in [5, 5.41) is 2.68. The normalized spacial score (nSPS) is 11.4. The van der Waals surface area contributed by atoms with Crippen LogP contribution in [0.1, 0.15) is 16.1 Å². The molecule has 0 fully saturated rings. The number of alkyl halides is 3. The van der Waals surface area contributed by atoms with E-state index >= 15 is 0 Å². The lowest BCUT2D eigenvalue weighted by Crippen LogP contribution is -2.16. The maximum Gasteiger partial charge on any atom is 0.417 e. The van der Waals surface area contributed by atoms with Gasteiger partial charge in [0, 0.05) is 10.2 Å². The van der Waals surface area contributed by atoms with Crippen LogP contribution < -0.4 is 5.32 Å². The number of halogens is 5. The van der Waals surface area contributed by atoms with Crippen LogP contribution in [-0.4, -0.2) is 22.1 Å². The highest BCUT2D eigenvalue weighted by Crippen LogP contribution is 2.36. The first-order valence-corrected chi connectivity index (χ1v) is 8.36. The maximum absolute atomic E-state index is 12.9. The van der Waals surface area contributed by atoms with Gasteiger partial charge in [0.1, 0.15) is 0 Å². The minimum Gasteiger partial charge on any atom is -0.321 e. The first-order chi connectivity index (χ1) is 10.7. The molecule has 0 saturated carbocycles. The first kappa shape index (κ1) is 18.0. The van der Waals surface area contributed by atoms with Gasteiger partial charge in [-0.25, -0.2) is 9.97 Å². The van der Waals surface area contributed by atoms with Crippen LogP contribution >= 0.6 is 39.3 Å². The van der Waals surface area contributed by atoms with E-state index in [0.29, 0.717) is 5.16 Å². The fourth-order valence-electron chi connectivity index (χ4n) is 1.62. The summed E-state index contributed by atoms with van der Waals surface area (Å²) in [6.07, 6.45) is -1.56. The average Bonchev–Trinajstić information content (AvgIpc) is 2.48. The lowest BCUT2D eigenvalue weighted by Gasteiger charge is -2.12. The monoisotopic (exact) mass is 425 g/mol. The number of thioether (sulfide) groups is 1. The number of benzene rings is 1. The number of carbonyl (C=O) groups excluding carboxylic acids is 1. The van der Waals surface area contributed by atoms with Gasteiger partial charge in [-0.1, -0.05) is 39.3 Å². The van der Waals surface area contributed by atoms with Crippen molar-refractivity contribution in [3.05, 3.63) is 45.1 Å². The summed E-state index contributed by atoms with van der Waals surface area (Å²) in [7, 11) is 0. The van der Waals surface area contributed by atoms with Crippen LogP contribution in [0.25, 0.3) is 0 Å². The number of aromatic nitrogens is 2. The second kappa shape index (κ2) is 7.06. The molecule has 0 radical (unpaired) electrons. The molecule has 1 amide bonds. The molecule has 23 heavy (non-hydrogen) atoms. The standard InChI is InChI=1S/C13H8BrClF3N3OS/c1-23-12-19-5-9(15)10(21-12)11(22)20-6-2-3-8(14)7(4-6)13(16,17)18/h2-5H,1H3,(H,20,22). The van der Waals surface area contributed by atoms with Crippen molar-refractivity contribution in [1.82, 2.24) is 9.97 Å². The summed E-state index contributed by atoms with van der Waals surface area (Å²) in [5.41, 5.74) is -1.03. The van der Waals surface area contributed by atoms with Gasteiger partial charge in [0.15, 0.2) is 10.9 Å². The number of anilines is 1. The summed E-state index contributed by atoms with van der Waals surface area (Å²) in [6.45, 7) is 0. The zero-order valence-corrected chi connectivity index (χ0v) is 14.6. The van der Waals surface area contributed by atoms with Crippen LogP contribution in [0.2, 0.25) is 5.02 Å². The van der Waals surface area contributed by atoms with Crippen molar-refractivity contribution in [3.8, 4) is 0 Å². The topological polar surface area (TPSA) is 54.9 Å². The quantitative estimate of drug-likeness (QED) is 0.561. The lowest BCUT2D eigenvalue weighted by atomic mass is 10.2. The highest BCUT2D eigenvalue weighted by molar-refractivity contribution is 9.10. The molecule has 0 spiro atoms. The number of nitrogens with zero attached hydrogens (tertiary/aromatic N) is 2. The second-order valence-corrected chi connectivity index (χ2v) is 6.23. The Morgan fingerprint density at radius 3 is 2.70 bits per heavy atom. The fourth-order valence-corrected chi connectivity index (χ4v) is 2.61. The van der Waals surface area contributed by atoms with E-state index in [1.807, 2.05) is 0 Å². The van der Waals surface area contributed by atoms with E-state index in [2.05, 4.69) is 31.2 Å². The van der Waals surface area contributed by atoms with E-state index in [1.54, 1.807) is 6.26 Å². The van der Waals surface area contributed by atoms with Gasteiger partial charge in [0.05, 0.1) is 16.8 Å². The number of nitrogens with one attached hydrogen (secondary N) is 1. The van der Waals surface area contributed by atoms with E-state index in [-0.39, 0.29) is 20.9 Å². The van der Waals surface area contributed by atoms with E-state index in [9.17, 15) is 18.0 Å². The third-order valence-corrected chi connectivity index (χ3v) is 4.18. The van der Waals surface area contributed by atoms with Crippen LogP contribution in [0, 0.1) is 0 Å². The van der Waals surface area contributed by atoms with Crippen molar-refractivity contribution < 1.29 is 18.0 Å². The van der Waals surface area contributed by atoms with Gasteiger partial charge < -0.3 is 5.32 Å². The maximum atomic E-state index is 12.9. The fraction of sp³-hybridized carbons (Fsp3) is 0.154. The van der Waals surface area contributed by atoms with Crippen molar-refractivity contribution >= 4 is 50.9 Å². The molecule has 0 aliphatic carbocycles. The van der Waals surface area contributed by atoms with Gasteiger partial charge >= 0.3 is 6.18 Å². The zero-order valence-electron chi connectivity index (χ0n) is 11.4. The predicted octanol–water partition coefficient (Wildman–Crippen LogP) is 4.89. The van der Waals surface area contributed by atoms with Crippen molar-refractivity contribution in [1.29, 1.82) is 0 Å². The summed E-state index contributed by atoms with van der Waals surface area (Å²) in [4.78, 5) is 20.0. The van der Waals surface area contributed by atoms with E-state index in [1.165, 1.54) is 30.1 Å². The molecule has 2 aromatic rings. The Morgan fingerprint density at radius 1 is 1.39 bits per heavy atom. The number of amides is 1. The molecule has 122 valence electrons. The minimum absolute atomic E-state index is 0.00783. The number of hydrogen-bond acceptors (Lipinski definition) is 4. The SMILES string of the molecule is CSc1ncc(Cl)c(C(=O)Nc2ccc(Br)c(C(F)(F)F)c2)n1. The second-order valence-electron chi connectivity index (χ2n) is 4.20. The lowest BCUT2D eigenvalue weighted by molar-refractivity contribution is -0.138. The number of hydrogen-bond donors (Lipinski definition) is 1. The smallest absolute Gasteiger partial charge is 0.321 e. The van der Waals surface area contributed by atoms with Crippen molar-refractivity contribution in [2.45, 2.75) is 11.3 Å². The van der Waals surface area contributed by atoms with E-state index < -0.39 is 17.6 Å². The summed E-state index contributed by atoms with van der Waals surface area (Å²) in [6, 6.07) is 3.36. The largest absolute Gasteiger partial charge is 0.417 e. The zero-order chi connectivity index (χ0) is 17.2. The van der Waals surface area contributed by atoms with Gasteiger partial charge in [0.2, 0.25) is 0 Å². The van der Waals surface area contributed by atoms with Gasteiger partial charge in [-0.3, -0.25) is 4.79 Å². The Bertz CT molecular complexity index is 758. The van der Waals surface area contributed by atoms with Crippen LogP contribution in [0.4, 0.5) is 18.9 Å². The molecule has 10 heteroatoms. The molecule has 0 aliphatic heterocycles. The van der Waals surface area contributed by atoms with Crippen LogP contribution in [0.3, 0.4) is 0 Å². The minimum atomic E-state index is -4.54. The Hall–Kier alpha value is -1.32. The van der Waals surface area contributed by atoms with Gasteiger partial charge in [-0.05, 0) is 24.5 Å². The van der Waals surface area contributed by atoms with Crippen molar-refractivity contribution in [3.63, 3.8) is 0 Å². The molecule has 0 aliphatic rings. The molecule has 2 rings (SSSR count). The molecule has 4 nitrogen and oxygen atoms in total. The summed E-state index contributed by atoms with van der Waals surface area (Å²) < 4.78 is 38.5. The van der Waals surface area contributed by atoms with Gasteiger partial charge in [-0.2, -0.15) is 13.2 Å². The van der Waals surface area contributed by atoms with E-state index in [0.717, 1.165) is 6.07 Å². The molecular formula is C13H8BrClF3N3OS. The molecule has 0 atom stereocenters. The molecule has 1 heterocycles. The third-order valence-electron chi connectivity index (χ3n) is 2.65. The highest BCUT2D eigenvalue weighted by atomic mass is 79.9. The van der Waals surface area contributed by atoms with Gasteiger partial charge in [0.25, 0.3) is 5.91 Å². The molecule has 1 N–H and O–H groups in total. The van der Waals surface area contributed by atoms with Crippen LogP contribution in [0.5, 0.6) is 0 Å². The summed E-state index contributed by atoms with van der Waals surface area (Å²) in [5.74, 6) is -0.719. The number of carbonyl (C=O) groups is 1. The molecular weight excluding hydrogens is 419 g/mol. The molecule has 1 aromatic heterocycles. The van der Waals surface area contributed by atoms with Gasteiger partial charge in [-0.15, -0.1) is 0 Å². The Labute approximate surface area is 147 Å². The van der Waals surface area contributed by atoms with Crippen LogP contribution in [-0.2, 0) is 6.18 Å². The Morgan fingerprint density at radius 2 is 2.09 bits per heavy atom. The molecule has 0 bridgehead atoms. The van der Waals surface area contributed by atoms with Crippen LogP contribution in [0.15, 0.2) is 34.0 Å². The molecule has 0 saturated heterocycles. The Kier molecular flexibility index (Phi) is 5.53. The molecule has 0 unspecified atom stereocenters. The first-order valence-electron chi connectivity index (χ1n) is 5.97. The van der Waals surface area contributed by atoms with Crippen molar-refractivity contribution in [2.24, 2.45) is 0 Å². The molecule has 1 aromatic carbocycles.